The highest BCUT2D eigenvalue weighted by Crippen LogP contribution is 2.35. The second kappa shape index (κ2) is 8.22. The molecule has 0 aliphatic carbocycles. The molecule has 144 valence electrons. The Morgan fingerprint density at radius 1 is 1.18 bits per heavy atom. The van der Waals surface area contributed by atoms with E-state index in [1.165, 1.54) is 37.7 Å². The van der Waals surface area contributed by atoms with Gasteiger partial charge in [-0.2, -0.15) is 0 Å². The average Bonchev–Trinajstić information content (AvgIpc) is 2.68. The molecule has 1 N–H and O–H groups in total. The van der Waals surface area contributed by atoms with Gasteiger partial charge in [0.2, 0.25) is 0 Å². The Labute approximate surface area is 169 Å². The predicted molar refractivity (Wildman–Crippen MR) is 105 cm³/mol. The molecule has 0 atom stereocenters. The molecule has 0 unspecified atom stereocenters. The van der Waals surface area contributed by atoms with Crippen LogP contribution in [0.25, 0.3) is 6.08 Å². The molecule has 1 aliphatic rings. The maximum atomic E-state index is 12.9. The normalized spacial score (nSPS) is 15.6. The van der Waals surface area contributed by atoms with E-state index in [-0.39, 0.29) is 5.57 Å². The Hall–Kier alpha value is -3.20. The second-order valence-electron chi connectivity index (χ2n) is 5.62. The molecule has 0 spiro atoms. The van der Waals surface area contributed by atoms with Crippen LogP contribution in [0, 0.1) is 0 Å². The van der Waals surface area contributed by atoms with E-state index in [1.807, 2.05) is 6.92 Å². The van der Waals surface area contributed by atoms with Crippen LogP contribution in [0.4, 0.5) is 10.5 Å². The zero-order valence-electron chi connectivity index (χ0n) is 15.1. The number of ether oxygens (including phenoxy) is 2. The summed E-state index contributed by atoms with van der Waals surface area (Å²) in [7, 11) is 1.51. The van der Waals surface area contributed by atoms with Gasteiger partial charge in [-0.15, -0.1) is 0 Å². The summed E-state index contributed by atoms with van der Waals surface area (Å²) in [6, 6.07) is 5.51. The van der Waals surface area contributed by atoms with Gasteiger partial charge in [-0.3, -0.25) is 19.9 Å². The molecule has 2 heterocycles. The van der Waals surface area contributed by atoms with Crippen molar-refractivity contribution in [1.29, 1.82) is 0 Å². The van der Waals surface area contributed by atoms with Gasteiger partial charge >= 0.3 is 6.03 Å². The zero-order valence-corrected chi connectivity index (χ0v) is 16.6. The van der Waals surface area contributed by atoms with Gasteiger partial charge in [-0.05, 0) is 42.8 Å². The minimum absolute atomic E-state index is 0.190. The molecule has 1 fully saturated rings. The van der Waals surface area contributed by atoms with Gasteiger partial charge in [0.1, 0.15) is 5.57 Å². The first kappa shape index (κ1) is 19.6. The lowest BCUT2D eigenvalue weighted by molar-refractivity contribution is -0.122. The molecule has 1 aromatic carbocycles. The Morgan fingerprint density at radius 2 is 1.89 bits per heavy atom. The number of methoxy groups -OCH3 is 1. The van der Waals surface area contributed by atoms with E-state index in [9.17, 15) is 14.4 Å². The smallest absolute Gasteiger partial charge is 0.335 e. The number of rotatable bonds is 5. The Kier molecular flexibility index (Phi) is 5.74. The van der Waals surface area contributed by atoms with Crippen LogP contribution in [-0.4, -0.2) is 36.5 Å². The number of urea groups is 1. The van der Waals surface area contributed by atoms with Crippen molar-refractivity contribution in [3.63, 3.8) is 0 Å². The van der Waals surface area contributed by atoms with Crippen LogP contribution in [-0.2, 0) is 9.59 Å². The Balaban J connectivity index is 2.05. The van der Waals surface area contributed by atoms with Gasteiger partial charge in [0, 0.05) is 16.9 Å². The van der Waals surface area contributed by atoms with Crippen LogP contribution in [0.3, 0.4) is 0 Å². The lowest BCUT2D eigenvalue weighted by Crippen LogP contribution is -2.54. The van der Waals surface area contributed by atoms with Crippen LogP contribution in [0.1, 0.15) is 12.5 Å². The third-order valence-electron chi connectivity index (χ3n) is 3.91. The number of carbonyl (C=O) groups excluding carboxylic acids is 3. The molecule has 1 aliphatic heterocycles. The summed E-state index contributed by atoms with van der Waals surface area (Å²) in [5.41, 5.74) is 0.635. The number of hydrogen-bond acceptors (Lipinski definition) is 6. The molecule has 1 saturated heterocycles. The Morgan fingerprint density at radius 3 is 2.54 bits per heavy atom. The molecule has 0 saturated carbocycles. The van der Waals surface area contributed by atoms with Crippen LogP contribution in [0.15, 0.2) is 46.7 Å². The zero-order chi connectivity index (χ0) is 20.3. The molecular formula is C19H16BrN3O5. The average molecular weight is 446 g/mol. The minimum atomic E-state index is -0.817. The van der Waals surface area contributed by atoms with Crippen molar-refractivity contribution >= 4 is 45.5 Å². The summed E-state index contributed by atoms with van der Waals surface area (Å²) >= 11 is 3.40. The van der Waals surface area contributed by atoms with Crippen LogP contribution < -0.4 is 19.7 Å². The number of amides is 4. The summed E-state index contributed by atoms with van der Waals surface area (Å²) in [6.45, 7) is 2.24. The first-order valence-electron chi connectivity index (χ1n) is 8.28. The molecule has 4 amide bonds. The van der Waals surface area contributed by atoms with E-state index in [0.29, 0.717) is 33.8 Å². The standard InChI is InChI=1S/C19H16BrN3O5/c1-3-28-16-9-11(14(20)10-15(16)27-2)8-13-17(24)22-19(26)23(18(13)25)12-4-6-21-7-5-12/h4-10H,3H2,1-2H3,(H,22,24,26)/b13-8+. The first-order chi connectivity index (χ1) is 13.5. The van der Waals surface area contributed by atoms with Crippen molar-refractivity contribution < 1.29 is 23.9 Å². The number of pyridine rings is 1. The van der Waals surface area contributed by atoms with Crippen molar-refractivity contribution in [1.82, 2.24) is 10.3 Å². The van der Waals surface area contributed by atoms with E-state index in [4.69, 9.17) is 9.47 Å². The maximum absolute atomic E-state index is 12.9. The largest absolute Gasteiger partial charge is 0.493 e. The Bertz CT molecular complexity index is 975. The summed E-state index contributed by atoms with van der Waals surface area (Å²) in [5, 5.41) is 2.18. The molecule has 3 rings (SSSR count). The lowest BCUT2D eigenvalue weighted by Gasteiger charge is -2.26. The third kappa shape index (κ3) is 3.74. The van der Waals surface area contributed by atoms with E-state index < -0.39 is 17.8 Å². The van der Waals surface area contributed by atoms with Crippen molar-refractivity contribution in [3.8, 4) is 11.5 Å². The molecule has 0 radical (unpaired) electrons. The van der Waals surface area contributed by atoms with Crippen molar-refractivity contribution in [2.75, 3.05) is 18.6 Å². The van der Waals surface area contributed by atoms with Gasteiger partial charge in [-0.25, -0.2) is 9.69 Å². The third-order valence-corrected chi connectivity index (χ3v) is 4.59. The van der Waals surface area contributed by atoms with Crippen molar-refractivity contribution in [2.24, 2.45) is 0 Å². The van der Waals surface area contributed by atoms with E-state index >= 15 is 0 Å². The molecule has 9 heteroatoms. The number of halogens is 1. The van der Waals surface area contributed by atoms with Gasteiger partial charge < -0.3 is 9.47 Å². The first-order valence-corrected chi connectivity index (χ1v) is 9.07. The number of benzene rings is 1. The maximum Gasteiger partial charge on any atom is 0.335 e. The van der Waals surface area contributed by atoms with Gasteiger partial charge in [0.25, 0.3) is 11.8 Å². The minimum Gasteiger partial charge on any atom is -0.493 e. The highest BCUT2D eigenvalue weighted by atomic mass is 79.9. The number of imide groups is 2. The summed E-state index contributed by atoms with van der Waals surface area (Å²) < 4.78 is 11.4. The summed E-state index contributed by atoms with van der Waals surface area (Å²) in [5.74, 6) is -0.545. The molecule has 28 heavy (non-hydrogen) atoms. The van der Waals surface area contributed by atoms with Crippen LogP contribution in [0.5, 0.6) is 11.5 Å². The van der Waals surface area contributed by atoms with Gasteiger partial charge in [0.05, 0.1) is 19.4 Å². The van der Waals surface area contributed by atoms with Gasteiger partial charge in [0.15, 0.2) is 11.5 Å². The highest BCUT2D eigenvalue weighted by Gasteiger charge is 2.36. The van der Waals surface area contributed by atoms with Crippen molar-refractivity contribution in [3.05, 3.63) is 52.3 Å². The number of hydrogen-bond donors (Lipinski definition) is 1. The fourth-order valence-electron chi connectivity index (χ4n) is 2.63. The number of nitrogens with zero attached hydrogens (tertiary/aromatic N) is 2. The number of nitrogens with one attached hydrogen (secondary N) is 1. The summed E-state index contributed by atoms with van der Waals surface area (Å²) in [4.78, 5) is 42.1. The topological polar surface area (TPSA) is 97.8 Å². The van der Waals surface area contributed by atoms with E-state index in [2.05, 4.69) is 26.2 Å². The highest BCUT2D eigenvalue weighted by molar-refractivity contribution is 9.10. The molecule has 2 aromatic rings. The van der Waals surface area contributed by atoms with Gasteiger partial charge in [-0.1, -0.05) is 15.9 Å². The monoisotopic (exact) mass is 445 g/mol. The molecule has 8 nitrogen and oxygen atoms in total. The number of barbiturate groups is 1. The van der Waals surface area contributed by atoms with E-state index in [1.54, 1.807) is 12.1 Å². The lowest BCUT2D eigenvalue weighted by atomic mass is 10.1. The SMILES string of the molecule is CCOc1cc(/C=C2\C(=O)NC(=O)N(c3ccncc3)C2=O)c(Br)cc1OC. The summed E-state index contributed by atoms with van der Waals surface area (Å²) in [6.07, 6.45) is 4.29. The second-order valence-corrected chi connectivity index (χ2v) is 6.48. The fraction of sp³-hybridized carbons (Fsp3) is 0.158. The van der Waals surface area contributed by atoms with Crippen molar-refractivity contribution in [2.45, 2.75) is 6.92 Å². The molecule has 1 aromatic heterocycles. The van der Waals surface area contributed by atoms with Crippen LogP contribution >= 0.6 is 15.9 Å². The number of anilines is 1. The van der Waals surface area contributed by atoms with E-state index in [0.717, 1.165) is 4.90 Å². The number of carbonyl (C=O) groups is 3. The fourth-order valence-corrected chi connectivity index (χ4v) is 3.07. The molecule has 0 bridgehead atoms. The predicted octanol–water partition coefficient (Wildman–Crippen LogP) is 2.92. The quantitative estimate of drug-likeness (QED) is 0.561. The molecular weight excluding hydrogens is 430 g/mol. The number of aromatic nitrogens is 1. The van der Waals surface area contributed by atoms with Crippen LogP contribution in [0.2, 0.25) is 0 Å².